The third-order valence-electron chi connectivity index (χ3n) is 5.19. The highest BCUT2D eigenvalue weighted by atomic mass is 19.4. The largest absolute Gasteiger partial charge is 0.416 e. The first-order valence-corrected chi connectivity index (χ1v) is 9.67. The van der Waals surface area contributed by atoms with Gasteiger partial charge >= 0.3 is 6.18 Å². The second kappa shape index (κ2) is 8.24. The molecule has 0 aliphatic carbocycles. The van der Waals surface area contributed by atoms with E-state index < -0.39 is 17.6 Å². The number of likely N-dealkylation sites (N-methyl/N-ethyl adjacent to an activating group) is 1. The van der Waals surface area contributed by atoms with E-state index in [-0.39, 0.29) is 16.9 Å². The third-order valence-corrected chi connectivity index (χ3v) is 5.19. The molecule has 0 spiro atoms. The predicted octanol–water partition coefficient (Wildman–Crippen LogP) is 5.33. The Hall–Kier alpha value is -4.45. The van der Waals surface area contributed by atoms with E-state index in [4.69, 9.17) is 5.26 Å². The number of nitrogens with zero attached hydrogens (tertiary/aromatic N) is 4. The molecule has 3 aromatic heterocycles. The van der Waals surface area contributed by atoms with Gasteiger partial charge in [-0.05, 0) is 53.6 Å². The molecule has 4 aromatic rings. The highest BCUT2D eigenvalue weighted by Crippen LogP contribution is 2.37. The molecule has 33 heavy (non-hydrogen) atoms. The third kappa shape index (κ3) is 4.19. The zero-order chi connectivity index (χ0) is 23.8. The molecule has 1 amide bonds. The summed E-state index contributed by atoms with van der Waals surface area (Å²) in [4.78, 5) is 24.4. The minimum Gasteiger partial charge on any atom is -0.346 e. The van der Waals surface area contributed by atoms with Gasteiger partial charge in [0.25, 0.3) is 0 Å². The molecule has 0 fully saturated rings. The Labute approximate surface area is 186 Å². The number of rotatable bonds is 4. The fourth-order valence-corrected chi connectivity index (χ4v) is 3.46. The number of carbonyl (C=O) groups is 1. The topological polar surface area (TPSA) is 85.7 Å². The molecule has 0 saturated carbocycles. The Morgan fingerprint density at radius 3 is 2.64 bits per heavy atom. The maximum atomic E-state index is 13.6. The lowest BCUT2D eigenvalue weighted by atomic mass is 10.00. The summed E-state index contributed by atoms with van der Waals surface area (Å²) in [6.45, 7) is 3.39. The smallest absolute Gasteiger partial charge is 0.346 e. The van der Waals surface area contributed by atoms with Crippen LogP contribution in [-0.4, -0.2) is 27.9 Å². The van der Waals surface area contributed by atoms with Gasteiger partial charge in [-0.15, -0.1) is 0 Å². The van der Waals surface area contributed by atoms with Crippen molar-refractivity contribution in [3.8, 4) is 28.3 Å². The Kier molecular flexibility index (Phi) is 5.44. The van der Waals surface area contributed by atoms with Crippen LogP contribution >= 0.6 is 0 Å². The molecule has 0 saturated heterocycles. The number of nitriles is 1. The summed E-state index contributed by atoms with van der Waals surface area (Å²) in [7, 11) is 1.38. The predicted molar refractivity (Wildman–Crippen MR) is 118 cm³/mol. The Morgan fingerprint density at radius 1 is 1.15 bits per heavy atom. The maximum absolute atomic E-state index is 13.6. The molecular weight excluding hydrogens is 431 g/mol. The number of H-pyrrole nitrogens is 1. The molecule has 4 rings (SSSR count). The number of halogens is 3. The van der Waals surface area contributed by atoms with Crippen molar-refractivity contribution in [1.29, 1.82) is 5.26 Å². The van der Waals surface area contributed by atoms with Crippen LogP contribution in [0.3, 0.4) is 0 Å². The monoisotopic (exact) mass is 447 g/mol. The molecule has 164 valence electrons. The normalized spacial score (nSPS) is 11.2. The van der Waals surface area contributed by atoms with Gasteiger partial charge in [0.05, 0.1) is 5.56 Å². The first-order chi connectivity index (χ1) is 15.7. The first kappa shape index (κ1) is 21.8. The Balaban J connectivity index is 1.88. The highest BCUT2D eigenvalue weighted by Gasteiger charge is 2.32. The number of alkyl halides is 3. The zero-order valence-corrected chi connectivity index (χ0v) is 17.3. The maximum Gasteiger partial charge on any atom is 0.416 e. The first-order valence-electron chi connectivity index (χ1n) is 9.67. The van der Waals surface area contributed by atoms with Gasteiger partial charge in [0.1, 0.15) is 17.4 Å². The SMILES string of the molecule is C=CC(=O)N(C)c1cc(-c2cnc3[nH]cc(-c4ccnc(C#N)c4)c3c2)cc(C(F)(F)F)c1. The van der Waals surface area contributed by atoms with Gasteiger partial charge in [-0.1, -0.05) is 6.58 Å². The van der Waals surface area contributed by atoms with Crippen LogP contribution in [0, 0.1) is 11.3 Å². The van der Waals surface area contributed by atoms with Crippen LogP contribution in [-0.2, 0) is 11.0 Å². The molecule has 0 aliphatic rings. The molecule has 0 unspecified atom stereocenters. The van der Waals surface area contributed by atoms with E-state index in [2.05, 4.69) is 21.5 Å². The van der Waals surface area contributed by atoms with Gasteiger partial charge in [0.15, 0.2) is 0 Å². The molecule has 1 aromatic carbocycles. The van der Waals surface area contributed by atoms with Gasteiger partial charge in [-0.3, -0.25) is 4.79 Å². The summed E-state index contributed by atoms with van der Waals surface area (Å²) in [6.07, 6.45) is 1.11. The van der Waals surface area contributed by atoms with E-state index in [1.165, 1.54) is 25.5 Å². The van der Waals surface area contributed by atoms with Crippen LogP contribution in [0.4, 0.5) is 18.9 Å². The van der Waals surface area contributed by atoms with Crippen molar-refractivity contribution in [2.75, 3.05) is 11.9 Å². The fraction of sp³-hybridized carbons (Fsp3) is 0.0833. The van der Waals surface area contributed by atoms with E-state index in [1.807, 2.05) is 6.07 Å². The highest BCUT2D eigenvalue weighted by molar-refractivity contribution is 6.01. The van der Waals surface area contributed by atoms with Crippen molar-refractivity contribution in [1.82, 2.24) is 15.0 Å². The van der Waals surface area contributed by atoms with Crippen molar-refractivity contribution in [2.45, 2.75) is 6.18 Å². The standard InChI is InChI=1S/C24H16F3N5O/c1-3-22(33)32(2)19-8-15(6-17(10-19)24(25,26)27)16-9-20-21(13-31-23(20)30-12-16)14-4-5-29-18(7-14)11-28/h3-10,12-13H,1H2,2H3,(H,30,31). The van der Waals surface area contributed by atoms with Gasteiger partial charge < -0.3 is 9.88 Å². The van der Waals surface area contributed by atoms with E-state index in [9.17, 15) is 18.0 Å². The van der Waals surface area contributed by atoms with Crippen LogP contribution in [0.2, 0.25) is 0 Å². The lowest BCUT2D eigenvalue weighted by molar-refractivity contribution is -0.137. The number of anilines is 1. The van der Waals surface area contributed by atoms with Crippen molar-refractivity contribution < 1.29 is 18.0 Å². The number of hydrogen-bond donors (Lipinski definition) is 1. The molecule has 0 aliphatic heterocycles. The van der Waals surface area contributed by atoms with Crippen LogP contribution < -0.4 is 4.90 Å². The van der Waals surface area contributed by atoms with E-state index in [1.54, 1.807) is 24.4 Å². The van der Waals surface area contributed by atoms with Crippen molar-refractivity contribution in [3.63, 3.8) is 0 Å². The number of hydrogen-bond acceptors (Lipinski definition) is 4. The average Bonchev–Trinajstić information content (AvgIpc) is 3.25. The van der Waals surface area contributed by atoms with E-state index in [0.717, 1.165) is 28.7 Å². The quantitative estimate of drug-likeness (QED) is 0.429. The van der Waals surface area contributed by atoms with Gasteiger partial charge in [0.2, 0.25) is 5.91 Å². The van der Waals surface area contributed by atoms with Crippen LogP contribution in [0.1, 0.15) is 11.3 Å². The number of aromatic amines is 1. The number of benzene rings is 1. The number of pyridine rings is 2. The van der Waals surface area contributed by atoms with Crippen LogP contribution in [0.15, 0.2) is 67.6 Å². The number of nitrogens with one attached hydrogen (secondary N) is 1. The second-order valence-electron chi connectivity index (χ2n) is 7.23. The van der Waals surface area contributed by atoms with Crippen molar-refractivity contribution in [3.05, 3.63) is 78.9 Å². The van der Waals surface area contributed by atoms with Gasteiger partial charge in [-0.2, -0.15) is 18.4 Å². The van der Waals surface area contributed by atoms with E-state index >= 15 is 0 Å². The van der Waals surface area contributed by atoms with Crippen molar-refractivity contribution in [2.24, 2.45) is 0 Å². The lowest BCUT2D eigenvalue weighted by Gasteiger charge is -2.19. The lowest BCUT2D eigenvalue weighted by Crippen LogP contribution is -2.24. The summed E-state index contributed by atoms with van der Waals surface area (Å²) in [5.74, 6) is -0.534. The minimum atomic E-state index is -4.61. The van der Waals surface area contributed by atoms with Gasteiger partial charge in [-0.25, -0.2) is 9.97 Å². The molecule has 0 bridgehead atoms. The summed E-state index contributed by atoms with van der Waals surface area (Å²) < 4.78 is 40.8. The number of fused-ring (bicyclic) bond motifs is 1. The Bertz CT molecular complexity index is 1430. The second-order valence-corrected chi connectivity index (χ2v) is 7.23. The van der Waals surface area contributed by atoms with E-state index in [0.29, 0.717) is 22.2 Å². The molecule has 3 heterocycles. The molecule has 1 N–H and O–H groups in total. The summed E-state index contributed by atoms with van der Waals surface area (Å²) in [5.41, 5.74) is 2.09. The summed E-state index contributed by atoms with van der Waals surface area (Å²) in [6, 6.07) is 10.5. The molecule has 9 heteroatoms. The van der Waals surface area contributed by atoms with Crippen molar-refractivity contribution >= 4 is 22.6 Å². The van der Waals surface area contributed by atoms with Gasteiger partial charge in [0, 0.05) is 47.8 Å². The molecule has 6 nitrogen and oxygen atoms in total. The number of carbonyl (C=O) groups excluding carboxylic acids is 1. The number of amides is 1. The summed E-state index contributed by atoms with van der Waals surface area (Å²) in [5, 5.41) is 9.79. The summed E-state index contributed by atoms with van der Waals surface area (Å²) >= 11 is 0. The number of aromatic nitrogens is 3. The molecule has 0 atom stereocenters. The molecular formula is C24H16F3N5O. The average molecular weight is 447 g/mol. The zero-order valence-electron chi connectivity index (χ0n) is 17.3. The fourth-order valence-electron chi connectivity index (χ4n) is 3.46. The Morgan fingerprint density at radius 2 is 1.94 bits per heavy atom. The van der Waals surface area contributed by atoms with Crippen LogP contribution in [0.25, 0.3) is 33.3 Å². The van der Waals surface area contributed by atoms with Crippen LogP contribution in [0.5, 0.6) is 0 Å². The minimum absolute atomic E-state index is 0.0758. The molecule has 0 radical (unpaired) electrons.